The molecule has 1 aromatic rings. The maximum absolute atomic E-state index is 6.08. The highest BCUT2D eigenvalue weighted by Crippen LogP contribution is 2.44. The largest absolute Gasteiger partial charge is 0.322 e. The third-order valence-electron chi connectivity index (χ3n) is 2.95. The monoisotopic (exact) mass is 194 g/mol. The lowest BCUT2D eigenvalue weighted by molar-refractivity contribution is 0.626. The molecule has 0 bridgehead atoms. The Morgan fingerprint density at radius 3 is 2.77 bits per heavy atom. The summed E-state index contributed by atoms with van der Waals surface area (Å²) in [5.41, 5.74) is 7.38. The van der Waals surface area contributed by atoms with E-state index in [1.807, 2.05) is 0 Å². The minimum absolute atomic E-state index is 0.234. The SMILES string of the molecule is NC(c1nc(C2CC2)cs1)C1CC1. The summed E-state index contributed by atoms with van der Waals surface area (Å²) in [6, 6.07) is 0.234. The maximum atomic E-state index is 6.08. The highest BCUT2D eigenvalue weighted by molar-refractivity contribution is 7.09. The Balaban J connectivity index is 1.79. The van der Waals surface area contributed by atoms with Crippen LogP contribution in [-0.4, -0.2) is 4.98 Å². The summed E-state index contributed by atoms with van der Waals surface area (Å²) in [5, 5.41) is 3.37. The molecule has 1 atom stereocenters. The predicted molar refractivity (Wildman–Crippen MR) is 53.7 cm³/mol. The van der Waals surface area contributed by atoms with E-state index in [9.17, 15) is 0 Å². The van der Waals surface area contributed by atoms with Crippen molar-refractivity contribution in [2.75, 3.05) is 0 Å². The van der Waals surface area contributed by atoms with E-state index in [-0.39, 0.29) is 6.04 Å². The molecule has 0 spiro atoms. The van der Waals surface area contributed by atoms with Crippen LogP contribution in [0.4, 0.5) is 0 Å². The van der Waals surface area contributed by atoms with Gasteiger partial charge in [0.1, 0.15) is 5.01 Å². The van der Waals surface area contributed by atoms with Crippen molar-refractivity contribution < 1.29 is 0 Å². The Kier molecular flexibility index (Phi) is 1.70. The molecular formula is C10H14N2S. The Labute approximate surface area is 82.2 Å². The zero-order valence-electron chi connectivity index (χ0n) is 7.57. The highest BCUT2D eigenvalue weighted by Gasteiger charge is 2.33. The van der Waals surface area contributed by atoms with E-state index >= 15 is 0 Å². The molecule has 0 aliphatic heterocycles. The van der Waals surface area contributed by atoms with Crippen molar-refractivity contribution in [3.8, 4) is 0 Å². The molecule has 0 saturated heterocycles. The van der Waals surface area contributed by atoms with Crippen LogP contribution in [0.1, 0.15) is 48.3 Å². The van der Waals surface area contributed by atoms with Gasteiger partial charge in [-0.3, -0.25) is 0 Å². The number of hydrogen-bond acceptors (Lipinski definition) is 3. The van der Waals surface area contributed by atoms with E-state index in [1.54, 1.807) is 11.3 Å². The molecule has 2 N–H and O–H groups in total. The van der Waals surface area contributed by atoms with Gasteiger partial charge in [-0.25, -0.2) is 4.98 Å². The molecule has 1 heterocycles. The van der Waals surface area contributed by atoms with Gasteiger partial charge < -0.3 is 5.73 Å². The van der Waals surface area contributed by atoms with Gasteiger partial charge in [0, 0.05) is 11.3 Å². The Bertz CT molecular complexity index is 312. The third kappa shape index (κ3) is 1.51. The van der Waals surface area contributed by atoms with Crippen LogP contribution in [0.2, 0.25) is 0 Å². The number of aromatic nitrogens is 1. The number of rotatable bonds is 3. The summed E-state index contributed by atoms with van der Waals surface area (Å²) in [7, 11) is 0. The van der Waals surface area contributed by atoms with Gasteiger partial charge in [-0.1, -0.05) is 0 Å². The number of thiazole rings is 1. The fourth-order valence-electron chi connectivity index (χ4n) is 1.68. The molecule has 2 aliphatic carbocycles. The lowest BCUT2D eigenvalue weighted by Gasteiger charge is -2.04. The molecule has 0 radical (unpaired) electrons. The Morgan fingerprint density at radius 2 is 2.15 bits per heavy atom. The molecule has 1 unspecified atom stereocenters. The van der Waals surface area contributed by atoms with Crippen molar-refractivity contribution in [1.29, 1.82) is 0 Å². The highest BCUT2D eigenvalue weighted by atomic mass is 32.1. The second kappa shape index (κ2) is 2.79. The molecule has 13 heavy (non-hydrogen) atoms. The second-order valence-electron chi connectivity index (χ2n) is 4.25. The van der Waals surface area contributed by atoms with Crippen molar-refractivity contribution in [2.45, 2.75) is 37.6 Å². The summed E-state index contributed by atoms with van der Waals surface area (Å²) in [5.74, 6) is 1.51. The van der Waals surface area contributed by atoms with Crippen LogP contribution in [0, 0.1) is 5.92 Å². The van der Waals surface area contributed by atoms with Gasteiger partial charge in [0.25, 0.3) is 0 Å². The van der Waals surface area contributed by atoms with Crippen LogP contribution < -0.4 is 5.73 Å². The minimum Gasteiger partial charge on any atom is -0.322 e. The molecule has 0 amide bonds. The van der Waals surface area contributed by atoms with E-state index < -0.39 is 0 Å². The third-order valence-corrected chi connectivity index (χ3v) is 3.91. The number of nitrogens with two attached hydrogens (primary N) is 1. The summed E-state index contributed by atoms with van der Waals surface area (Å²) < 4.78 is 0. The Morgan fingerprint density at radius 1 is 1.38 bits per heavy atom. The Hall–Kier alpha value is -0.410. The number of hydrogen-bond donors (Lipinski definition) is 1. The molecule has 2 fully saturated rings. The molecular weight excluding hydrogens is 180 g/mol. The smallest absolute Gasteiger partial charge is 0.110 e. The quantitative estimate of drug-likeness (QED) is 0.802. The summed E-state index contributed by atoms with van der Waals surface area (Å²) >= 11 is 1.76. The van der Waals surface area contributed by atoms with E-state index in [1.165, 1.54) is 36.4 Å². The lowest BCUT2D eigenvalue weighted by atomic mass is 10.2. The minimum atomic E-state index is 0.234. The van der Waals surface area contributed by atoms with Gasteiger partial charge in [0.15, 0.2) is 0 Å². The van der Waals surface area contributed by atoms with Crippen LogP contribution in [-0.2, 0) is 0 Å². The molecule has 70 valence electrons. The molecule has 0 aromatic carbocycles. The van der Waals surface area contributed by atoms with Crippen LogP contribution in [0.3, 0.4) is 0 Å². The van der Waals surface area contributed by atoms with Crippen molar-refractivity contribution in [3.05, 3.63) is 16.1 Å². The van der Waals surface area contributed by atoms with Gasteiger partial charge in [-0.2, -0.15) is 0 Å². The molecule has 3 rings (SSSR count). The first kappa shape index (κ1) is 7.94. The van der Waals surface area contributed by atoms with E-state index in [0.717, 1.165) is 11.8 Å². The van der Waals surface area contributed by atoms with Gasteiger partial charge >= 0.3 is 0 Å². The van der Waals surface area contributed by atoms with Crippen LogP contribution >= 0.6 is 11.3 Å². The summed E-state index contributed by atoms with van der Waals surface area (Å²) in [6.45, 7) is 0. The predicted octanol–water partition coefficient (Wildman–Crippen LogP) is 2.43. The van der Waals surface area contributed by atoms with Crippen molar-refractivity contribution >= 4 is 11.3 Å². The van der Waals surface area contributed by atoms with Crippen LogP contribution in [0.25, 0.3) is 0 Å². The van der Waals surface area contributed by atoms with Crippen LogP contribution in [0.15, 0.2) is 5.38 Å². The zero-order valence-corrected chi connectivity index (χ0v) is 8.39. The summed E-state index contributed by atoms with van der Waals surface area (Å²) in [4.78, 5) is 4.63. The maximum Gasteiger partial charge on any atom is 0.110 e. The molecule has 1 aromatic heterocycles. The average Bonchev–Trinajstić information content (AvgIpc) is 3.02. The van der Waals surface area contributed by atoms with Gasteiger partial charge in [-0.15, -0.1) is 11.3 Å². The molecule has 3 heteroatoms. The molecule has 2 saturated carbocycles. The summed E-state index contributed by atoms with van der Waals surface area (Å²) in [6.07, 6.45) is 5.28. The first-order valence-electron chi connectivity index (χ1n) is 5.05. The van der Waals surface area contributed by atoms with Gasteiger partial charge in [0.2, 0.25) is 0 Å². The van der Waals surface area contributed by atoms with Gasteiger partial charge in [0.05, 0.1) is 11.7 Å². The van der Waals surface area contributed by atoms with Crippen molar-refractivity contribution in [1.82, 2.24) is 4.98 Å². The van der Waals surface area contributed by atoms with Crippen molar-refractivity contribution in [2.24, 2.45) is 11.7 Å². The van der Waals surface area contributed by atoms with Gasteiger partial charge in [-0.05, 0) is 31.6 Å². The van der Waals surface area contributed by atoms with E-state index in [2.05, 4.69) is 10.4 Å². The second-order valence-corrected chi connectivity index (χ2v) is 5.14. The molecule has 2 aliphatic rings. The zero-order chi connectivity index (χ0) is 8.84. The van der Waals surface area contributed by atoms with E-state index in [4.69, 9.17) is 5.73 Å². The number of nitrogens with zero attached hydrogens (tertiary/aromatic N) is 1. The van der Waals surface area contributed by atoms with E-state index in [0.29, 0.717) is 0 Å². The first-order chi connectivity index (χ1) is 6.34. The normalized spacial score (nSPS) is 24.7. The lowest BCUT2D eigenvalue weighted by Crippen LogP contribution is -2.11. The fourth-order valence-corrected chi connectivity index (χ4v) is 2.67. The van der Waals surface area contributed by atoms with Crippen molar-refractivity contribution in [3.63, 3.8) is 0 Å². The fraction of sp³-hybridized carbons (Fsp3) is 0.700. The first-order valence-corrected chi connectivity index (χ1v) is 5.93. The average molecular weight is 194 g/mol. The topological polar surface area (TPSA) is 38.9 Å². The van der Waals surface area contributed by atoms with Crippen LogP contribution in [0.5, 0.6) is 0 Å². The standard InChI is InChI=1S/C10H14N2S/c11-9(7-3-4-7)10-12-8(5-13-10)6-1-2-6/h5-7,9H,1-4,11H2. The molecule has 2 nitrogen and oxygen atoms in total.